The van der Waals surface area contributed by atoms with Crippen molar-refractivity contribution in [1.82, 2.24) is 23.9 Å². The Kier molecular flexibility index (Phi) is 8.95. The number of rotatable bonds is 4. The van der Waals surface area contributed by atoms with Gasteiger partial charge in [0.1, 0.15) is 11.9 Å². The third-order valence-corrected chi connectivity index (χ3v) is 6.65. The lowest BCUT2D eigenvalue weighted by Gasteiger charge is -2.24. The number of nitrogens with zero attached hydrogens (tertiary/aromatic N) is 7. The van der Waals surface area contributed by atoms with Crippen LogP contribution in [0.1, 0.15) is 43.7 Å². The van der Waals surface area contributed by atoms with Crippen LogP contribution in [0.25, 0.3) is 5.69 Å². The average Bonchev–Trinajstić information content (AvgIpc) is 3.22. The lowest BCUT2D eigenvalue weighted by molar-refractivity contribution is -0.383. The van der Waals surface area contributed by atoms with Crippen LogP contribution < -0.4 is 22.0 Å². The number of benzene rings is 1. The van der Waals surface area contributed by atoms with Crippen LogP contribution >= 0.6 is 23.2 Å². The summed E-state index contributed by atoms with van der Waals surface area (Å²) in [6.45, 7) is 0. The second-order valence-electron chi connectivity index (χ2n) is 8.96. The molecule has 212 valence electrons. The Bertz CT molecular complexity index is 1470. The van der Waals surface area contributed by atoms with E-state index in [9.17, 15) is 32.9 Å². The van der Waals surface area contributed by atoms with Crippen LogP contribution in [0, 0.1) is 10.1 Å². The minimum atomic E-state index is -4.63. The van der Waals surface area contributed by atoms with Gasteiger partial charge in [0.25, 0.3) is 0 Å². The highest BCUT2D eigenvalue weighted by Gasteiger charge is 2.33. The second-order valence-corrected chi connectivity index (χ2v) is 9.78. The zero-order chi connectivity index (χ0) is 29.2. The average molecular weight is 593 g/mol. The topological polar surface area (TPSA) is 147 Å². The highest BCUT2D eigenvalue weighted by atomic mass is 35.5. The Hall–Kier alpha value is -3.59. The predicted molar refractivity (Wildman–Crippen MR) is 140 cm³/mol. The molecule has 1 aromatic carbocycles. The summed E-state index contributed by atoms with van der Waals surface area (Å²) in [6, 6.07) is 1.29. The molecule has 17 heteroatoms. The molecule has 3 aromatic rings. The second kappa shape index (κ2) is 11.7. The number of nitrogens with two attached hydrogens (primary N) is 1. The van der Waals surface area contributed by atoms with Crippen LogP contribution in [0.4, 0.5) is 30.6 Å². The van der Waals surface area contributed by atoms with E-state index in [0.29, 0.717) is 18.1 Å². The molecular weight excluding hydrogens is 568 g/mol. The van der Waals surface area contributed by atoms with Crippen molar-refractivity contribution in [2.45, 2.75) is 44.3 Å². The monoisotopic (exact) mass is 592 g/mol. The highest BCUT2D eigenvalue weighted by molar-refractivity contribution is 6.38. The van der Waals surface area contributed by atoms with Crippen LogP contribution in [-0.4, -0.2) is 42.9 Å². The molecule has 2 aromatic heterocycles. The lowest BCUT2D eigenvalue weighted by Crippen LogP contribution is -2.45. The maximum Gasteiger partial charge on any atom is 0.416 e. The predicted octanol–water partition coefficient (Wildman–Crippen LogP) is 4.20. The SMILES string of the molecule is CN(C)c1nc(=O)n(C2CCCCC2)c(=O)n1C.Nc1c([N+](=O)[O-])cnn1-c1c(Cl)cc(C(F)(F)F)cc1Cl. The Morgan fingerprint density at radius 1 is 1.13 bits per heavy atom. The van der Waals surface area contributed by atoms with E-state index in [4.69, 9.17) is 28.9 Å². The van der Waals surface area contributed by atoms with Gasteiger partial charge in [0, 0.05) is 27.2 Å². The maximum absolute atomic E-state index is 12.6. The summed E-state index contributed by atoms with van der Waals surface area (Å²) >= 11 is 11.5. The fourth-order valence-corrected chi connectivity index (χ4v) is 4.84. The Labute approximate surface area is 229 Å². The van der Waals surface area contributed by atoms with Crippen molar-refractivity contribution in [3.05, 3.63) is 65.0 Å². The molecule has 0 bridgehead atoms. The van der Waals surface area contributed by atoms with Crippen LogP contribution in [-0.2, 0) is 13.2 Å². The first-order valence-electron chi connectivity index (χ1n) is 11.6. The van der Waals surface area contributed by atoms with Gasteiger partial charge in [-0.05, 0) is 25.0 Å². The van der Waals surface area contributed by atoms with Gasteiger partial charge in [0.05, 0.1) is 20.5 Å². The van der Waals surface area contributed by atoms with Gasteiger partial charge >= 0.3 is 23.2 Å². The molecule has 12 nitrogen and oxygen atoms in total. The van der Waals surface area contributed by atoms with Gasteiger partial charge in [-0.15, -0.1) is 0 Å². The third kappa shape index (κ3) is 6.36. The van der Waals surface area contributed by atoms with E-state index in [1.807, 2.05) is 0 Å². The molecule has 2 heterocycles. The molecule has 0 saturated heterocycles. The van der Waals surface area contributed by atoms with Crippen LogP contribution in [0.2, 0.25) is 10.0 Å². The van der Waals surface area contributed by atoms with Gasteiger partial charge < -0.3 is 10.6 Å². The molecule has 39 heavy (non-hydrogen) atoms. The molecule has 1 fully saturated rings. The lowest BCUT2D eigenvalue weighted by atomic mass is 9.95. The largest absolute Gasteiger partial charge is 0.416 e. The number of anilines is 2. The van der Waals surface area contributed by atoms with E-state index in [0.717, 1.165) is 36.6 Å². The van der Waals surface area contributed by atoms with Crippen molar-refractivity contribution in [2.24, 2.45) is 7.05 Å². The van der Waals surface area contributed by atoms with Crippen molar-refractivity contribution in [1.29, 1.82) is 0 Å². The van der Waals surface area contributed by atoms with Gasteiger partial charge in [-0.2, -0.15) is 23.3 Å². The summed E-state index contributed by atoms with van der Waals surface area (Å²) in [6.07, 6.45) is 1.36. The summed E-state index contributed by atoms with van der Waals surface area (Å²) in [5, 5.41) is 13.5. The molecule has 0 atom stereocenters. The summed E-state index contributed by atoms with van der Waals surface area (Å²) in [5.74, 6) is 0.000572. The van der Waals surface area contributed by atoms with E-state index in [1.165, 1.54) is 15.6 Å². The minimum Gasteiger partial charge on any atom is -0.378 e. The standard InChI is InChI=1S/C12H20N4O2.C10H5Cl2F3N4O2/c1-14(2)10-13-11(17)16(12(18)15(10)3)9-7-5-4-6-8-9;11-5-1-4(10(13,14)15)2-6(12)8(5)18-9(16)7(3-17-18)19(20)21/h9H,4-8H2,1-3H3;1-3H,16H2. The van der Waals surface area contributed by atoms with E-state index >= 15 is 0 Å². The number of alkyl halides is 3. The molecule has 0 unspecified atom stereocenters. The molecular formula is C22H25Cl2F3N8O4. The van der Waals surface area contributed by atoms with Gasteiger partial charge in [-0.1, -0.05) is 42.5 Å². The van der Waals surface area contributed by atoms with Crippen LogP contribution in [0.3, 0.4) is 0 Å². The summed E-state index contributed by atoms with van der Waals surface area (Å²) in [4.78, 5) is 39.9. The van der Waals surface area contributed by atoms with Crippen molar-refractivity contribution in [3.63, 3.8) is 0 Å². The fourth-order valence-electron chi connectivity index (χ4n) is 4.19. The van der Waals surface area contributed by atoms with E-state index < -0.39 is 33.9 Å². The molecule has 0 radical (unpaired) electrons. The zero-order valence-electron chi connectivity index (χ0n) is 21.1. The minimum absolute atomic E-state index is 0.0219. The smallest absolute Gasteiger partial charge is 0.378 e. The van der Waals surface area contributed by atoms with Gasteiger partial charge in [0.2, 0.25) is 11.8 Å². The highest BCUT2D eigenvalue weighted by Crippen LogP contribution is 2.39. The molecule has 0 amide bonds. The van der Waals surface area contributed by atoms with Gasteiger partial charge in [0.15, 0.2) is 0 Å². The number of nitrogen functional groups attached to an aromatic ring is 1. The van der Waals surface area contributed by atoms with Crippen molar-refractivity contribution in [3.8, 4) is 5.69 Å². The molecule has 0 aliphatic heterocycles. The zero-order valence-corrected chi connectivity index (χ0v) is 22.6. The number of hydrogen-bond acceptors (Lipinski definition) is 8. The molecule has 1 aliphatic carbocycles. The van der Waals surface area contributed by atoms with E-state index in [2.05, 4.69) is 10.1 Å². The van der Waals surface area contributed by atoms with Crippen LogP contribution in [0.5, 0.6) is 0 Å². The quantitative estimate of drug-likeness (QED) is 0.350. The molecule has 2 N–H and O–H groups in total. The van der Waals surface area contributed by atoms with Crippen molar-refractivity contribution < 1.29 is 18.1 Å². The van der Waals surface area contributed by atoms with Crippen molar-refractivity contribution >= 4 is 40.7 Å². The first-order valence-corrected chi connectivity index (χ1v) is 12.3. The van der Waals surface area contributed by atoms with Gasteiger partial charge in [-0.3, -0.25) is 14.7 Å². The van der Waals surface area contributed by atoms with E-state index in [-0.39, 0.29) is 27.5 Å². The first kappa shape index (κ1) is 30.0. The number of hydrogen-bond donors (Lipinski definition) is 1. The summed E-state index contributed by atoms with van der Waals surface area (Å²) in [5.41, 5.74) is 3.10. The fraction of sp³-hybridized carbons (Fsp3) is 0.455. The molecule has 4 rings (SSSR count). The Morgan fingerprint density at radius 3 is 2.15 bits per heavy atom. The number of nitro groups is 1. The summed E-state index contributed by atoms with van der Waals surface area (Å²) < 4.78 is 41.4. The summed E-state index contributed by atoms with van der Waals surface area (Å²) in [7, 11) is 5.20. The molecule has 1 aliphatic rings. The maximum atomic E-state index is 12.6. The Morgan fingerprint density at radius 2 is 1.69 bits per heavy atom. The number of aromatic nitrogens is 5. The normalized spacial score (nSPS) is 14.1. The van der Waals surface area contributed by atoms with E-state index in [1.54, 1.807) is 26.0 Å². The van der Waals surface area contributed by atoms with Crippen molar-refractivity contribution in [2.75, 3.05) is 24.7 Å². The third-order valence-electron chi connectivity index (χ3n) is 6.07. The number of halogens is 5. The molecule has 1 saturated carbocycles. The van der Waals surface area contributed by atoms with Gasteiger partial charge in [-0.25, -0.2) is 18.8 Å². The molecule has 0 spiro atoms. The van der Waals surface area contributed by atoms with Crippen LogP contribution in [0.15, 0.2) is 27.9 Å². The first-order chi connectivity index (χ1) is 18.1. The Balaban J connectivity index is 0.000000218.